The molecule has 9 aromatic rings. The van der Waals surface area contributed by atoms with Gasteiger partial charge in [-0.15, -0.1) is 0 Å². The van der Waals surface area contributed by atoms with Gasteiger partial charge in [-0.25, -0.2) is 15.0 Å². The molecule has 60 heavy (non-hydrogen) atoms. The van der Waals surface area contributed by atoms with Gasteiger partial charge in [0.15, 0.2) is 11.6 Å². The Morgan fingerprint density at radius 3 is 1.58 bits per heavy atom. The van der Waals surface area contributed by atoms with Gasteiger partial charge in [-0.1, -0.05) is 78.9 Å². The minimum atomic E-state index is -0.221. The summed E-state index contributed by atoms with van der Waals surface area (Å²) in [7, 11) is 0. The fourth-order valence-electron chi connectivity index (χ4n) is 9.65. The number of pyridine rings is 4. The third kappa shape index (κ3) is 4.52. The van der Waals surface area contributed by atoms with E-state index in [0.717, 1.165) is 102 Å². The Hall–Kier alpha value is -8.24. The lowest BCUT2D eigenvalue weighted by molar-refractivity contribution is 1.05. The fourth-order valence-corrected chi connectivity index (χ4v) is 9.65. The number of fused-ring (bicyclic) bond motifs is 8. The van der Waals surface area contributed by atoms with Crippen molar-refractivity contribution in [2.75, 3.05) is 24.5 Å². The summed E-state index contributed by atoms with van der Waals surface area (Å²) in [5, 5.41) is 0. The van der Waals surface area contributed by atoms with E-state index >= 15 is 0 Å². The fraction of sp³-hybridized carbons (Fsp3) is 0. The zero-order chi connectivity index (χ0) is 39.3. The summed E-state index contributed by atoms with van der Waals surface area (Å²) < 4.78 is 0. The Morgan fingerprint density at radius 2 is 0.917 bits per heavy atom. The van der Waals surface area contributed by atoms with Gasteiger partial charge in [0.25, 0.3) is 6.71 Å². The Bertz CT molecular complexity index is 2940. The molecule has 0 aliphatic carbocycles. The van der Waals surface area contributed by atoms with Crippen molar-refractivity contribution in [2.45, 2.75) is 0 Å². The monoisotopic (exact) mass is 769 g/mol. The van der Waals surface area contributed by atoms with Crippen LogP contribution in [0.4, 0.5) is 85.8 Å². The van der Waals surface area contributed by atoms with E-state index in [4.69, 9.17) is 19.9 Å². The molecule has 0 spiro atoms. The topological polar surface area (TPSA) is 67.8 Å². The Labute approximate surface area is 346 Å². The SMILES string of the molecule is c1ccc(N2c3ccncc3B3c4cc5c(nc4N(c4ccccc4)c4nccc2c43)N(c2ccccc2)c2cccc3c2N5c2cccnc2N3c2ccccc2)cc1. The zero-order valence-electron chi connectivity index (χ0n) is 32.1. The number of anilines is 15. The van der Waals surface area contributed by atoms with Crippen LogP contribution in [-0.4, -0.2) is 26.6 Å². The van der Waals surface area contributed by atoms with Crippen molar-refractivity contribution in [3.8, 4) is 0 Å². The molecule has 0 amide bonds. The van der Waals surface area contributed by atoms with E-state index in [1.54, 1.807) is 0 Å². The molecule has 0 bridgehead atoms. The molecule has 8 heterocycles. The first-order chi connectivity index (χ1) is 29.8. The quantitative estimate of drug-likeness (QED) is 0.163. The number of nitrogens with zero attached hydrogens (tertiary/aromatic N) is 9. The van der Waals surface area contributed by atoms with Crippen molar-refractivity contribution < 1.29 is 0 Å². The summed E-state index contributed by atoms with van der Waals surface area (Å²) in [6, 6.07) is 59.5. The van der Waals surface area contributed by atoms with Crippen molar-refractivity contribution in [1.29, 1.82) is 0 Å². The molecule has 4 aromatic heterocycles. The maximum absolute atomic E-state index is 5.87. The van der Waals surface area contributed by atoms with Gasteiger partial charge in [-0.3, -0.25) is 24.6 Å². The van der Waals surface area contributed by atoms with E-state index in [1.165, 1.54) is 0 Å². The molecule has 9 nitrogen and oxygen atoms in total. The van der Waals surface area contributed by atoms with Crippen LogP contribution >= 0.6 is 0 Å². The summed E-state index contributed by atoms with van der Waals surface area (Å²) in [5.74, 6) is 3.31. The smallest absolute Gasteiger partial charge is 0.258 e. The summed E-state index contributed by atoms with van der Waals surface area (Å²) in [4.78, 5) is 32.5. The normalized spacial score (nSPS) is 13.8. The van der Waals surface area contributed by atoms with Gasteiger partial charge in [0.05, 0.1) is 28.4 Å². The van der Waals surface area contributed by atoms with Crippen LogP contribution in [0.3, 0.4) is 0 Å². The van der Waals surface area contributed by atoms with Crippen molar-refractivity contribution in [3.05, 3.63) is 195 Å². The third-order valence-electron chi connectivity index (χ3n) is 12.0. The molecular weight excluding hydrogens is 737 g/mol. The lowest BCUT2D eigenvalue weighted by atomic mass is 9.34. The van der Waals surface area contributed by atoms with E-state index in [2.05, 4.69) is 188 Å². The minimum Gasteiger partial charge on any atom is -0.311 e. The average Bonchev–Trinajstić information content (AvgIpc) is 3.32. The van der Waals surface area contributed by atoms with E-state index in [9.17, 15) is 0 Å². The predicted molar refractivity (Wildman–Crippen MR) is 243 cm³/mol. The second-order valence-corrected chi connectivity index (χ2v) is 15.2. The molecule has 280 valence electrons. The summed E-state index contributed by atoms with van der Waals surface area (Å²) in [6.07, 6.45) is 7.72. The van der Waals surface area contributed by atoms with Gasteiger partial charge in [0, 0.05) is 58.9 Å². The molecule has 0 unspecified atom stereocenters. The highest BCUT2D eigenvalue weighted by Crippen LogP contribution is 2.62. The van der Waals surface area contributed by atoms with Crippen molar-refractivity contribution in [3.63, 3.8) is 0 Å². The lowest BCUT2D eigenvalue weighted by Crippen LogP contribution is -2.62. The first kappa shape index (κ1) is 32.8. The third-order valence-corrected chi connectivity index (χ3v) is 12.0. The van der Waals surface area contributed by atoms with E-state index in [1.807, 2.05) is 30.9 Å². The highest BCUT2D eigenvalue weighted by Gasteiger charge is 2.48. The molecule has 10 heteroatoms. The van der Waals surface area contributed by atoms with Gasteiger partial charge >= 0.3 is 0 Å². The van der Waals surface area contributed by atoms with Gasteiger partial charge in [-0.2, -0.15) is 0 Å². The number of hydrogen-bond acceptors (Lipinski definition) is 9. The average molecular weight is 770 g/mol. The molecule has 4 aliphatic heterocycles. The standard InChI is InChI=1S/C50H32BN9/c1-5-15-33(16-6-1)56-39-26-29-52-32-38(39)51-37-31-44-49(55-47(37)59(36-21-11-4-12-22-36)50-45(51)40(56)27-30-54-50)58(35-19-9-3-10-20-35)42-24-13-23-41-46(42)60(44)43-25-14-28-53-48(43)57(41)34-17-7-2-8-18-34/h1-32H. The Morgan fingerprint density at radius 1 is 0.350 bits per heavy atom. The van der Waals surface area contributed by atoms with Crippen molar-refractivity contribution >= 4 is 109 Å². The highest BCUT2D eigenvalue weighted by molar-refractivity contribution is 7.00. The van der Waals surface area contributed by atoms with Crippen molar-refractivity contribution in [2.24, 2.45) is 0 Å². The van der Waals surface area contributed by atoms with E-state index < -0.39 is 0 Å². The molecule has 0 saturated heterocycles. The summed E-state index contributed by atoms with van der Waals surface area (Å²) >= 11 is 0. The van der Waals surface area contributed by atoms with Crippen LogP contribution in [0.1, 0.15) is 0 Å². The molecular formula is C50H32BN9. The van der Waals surface area contributed by atoms with Crippen LogP contribution in [-0.2, 0) is 0 Å². The van der Waals surface area contributed by atoms with E-state index in [0.29, 0.717) is 0 Å². The summed E-state index contributed by atoms with van der Waals surface area (Å²) in [5.41, 5.74) is 14.5. The van der Waals surface area contributed by atoms with Crippen LogP contribution in [0.2, 0.25) is 0 Å². The van der Waals surface area contributed by atoms with Crippen LogP contribution < -0.4 is 40.9 Å². The number of hydrogen-bond donors (Lipinski definition) is 0. The lowest BCUT2D eigenvalue weighted by Gasteiger charge is -2.47. The van der Waals surface area contributed by atoms with Gasteiger partial charge < -0.3 is 4.90 Å². The number of para-hydroxylation sites is 5. The maximum atomic E-state index is 5.87. The molecule has 0 N–H and O–H groups in total. The highest BCUT2D eigenvalue weighted by atomic mass is 15.4. The Balaban J connectivity index is 1.14. The Kier molecular flexibility index (Phi) is 6.91. The predicted octanol–water partition coefficient (Wildman–Crippen LogP) is 10.4. The largest absolute Gasteiger partial charge is 0.311 e. The molecule has 5 aromatic carbocycles. The van der Waals surface area contributed by atoms with Gasteiger partial charge in [0.2, 0.25) is 0 Å². The molecule has 0 atom stereocenters. The van der Waals surface area contributed by atoms with Crippen LogP contribution in [0.25, 0.3) is 0 Å². The number of aromatic nitrogens is 4. The molecule has 4 aliphatic rings. The van der Waals surface area contributed by atoms with Crippen LogP contribution in [0.15, 0.2) is 195 Å². The number of benzene rings is 5. The van der Waals surface area contributed by atoms with Crippen molar-refractivity contribution in [1.82, 2.24) is 19.9 Å². The summed E-state index contributed by atoms with van der Waals surface area (Å²) in [6.45, 7) is -0.221. The molecule has 0 radical (unpaired) electrons. The molecule has 13 rings (SSSR count). The van der Waals surface area contributed by atoms with Gasteiger partial charge in [0.1, 0.15) is 11.6 Å². The second kappa shape index (κ2) is 12.6. The first-order valence-electron chi connectivity index (χ1n) is 20.1. The molecule has 0 saturated carbocycles. The first-order valence-corrected chi connectivity index (χ1v) is 20.1. The van der Waals surface area contributed by atoms with Gasteiger partial charge in [-0.05, 0) is 107 Å². The van der Waals surface area contributed by atoms with Crippen LogP contribution in [0, 0.1) is 0 Å². The van der Waals surface area contributed by atoms with E-state index in [-0.39, 0.29) is 6.71 Å². The minimum absolute atomic E-state index is 0.221. The number of rotatable bonds is 4. The zero-order valence-corrected chi connectivity index (χ0v) is 32.1. The molecule has 0 fully saturated rings. The second-order valence-electron chi connectivity index (χ2n) is 15.2. The van der Waals surface area contributed by atoms with Crippen LogP contribution in [0.5, 0.6) is 0 Å². The maximum Gasteiger partial charge on any atom is 0.258 e.